The second-order valence-electron chi connectivity index (χ2n) is 7.00. The van der Waals surface area contributed by atoms with Gasteiger partial charge >= 0.3 is 0 Å². The van der Waals surface area contributed by atoms with Gasteiger partial charge in [-0.15, -0.1) is 0 Å². The minimum absolute atomic E-state index is 0.0702. The van der Waals surface area contributed by atoms with E-state index < -0.39 is 6.04 Å². The Morgan fingerprint density at radius 3 is 2.59 bits per heavy atom. The van der Waals surface area contributed by atoms with Gasteiger partial charge in [0.2, 0.25) is 5.91 Å². The molecular formula is C24H23N3O2. The summed E-state index contributed by atoms with van der Waals surface area (Å²) in [5, 5.41) is 5.44. The largest absolute Gasteiger partial charge is 0.496 e. The Morgan fingerprint density at radius 1 is 1.07 bits per heavy atom. The molecule has 29 heavy (non-hydrogen) atoms. The van der Waals surface area contributed by atoms with Crippen molar-refractivity contribution >= 4 is 16.7 Å². The molecule has 0 saturated carbocycles. The van der Waals surface area contributed by atoms with Crippen molar-refractivity contribution in [1.29, 1.82) is 0 Å². The fourth-order valence-corrected chi connectivity index (χ4v) is 3.59. The van der Waals surface area contributed by atoms with Crippen LogP contribution in [0.4, 0.5) is 0 Å². The maximum absolute atomic E-state index is 12.9. The maximum Gasteiger partial charge on any atom is 0.225 e. The van der Waals surface area contributed by atoms with Crippen LogP contribution in [0, 0.1) is 0 Å². The number of methoxy groups -OCH3 is 1. The smallest absolute Gasteiger partial charge is 0.225 e. The number of hydrogen-bond donors (Lipinski definition) is 1. The van der Waals surface area contributed by atoms with Gasteiger partial charge in [-0.2, -0.15) is 0 Å². The van der Waals surface area contributed by atoms with Crippen LogP contribution in [0.3, 0.4) is 0 Å². The standard InChI is InChI=1S/C24H23N3O2/c1-27-14-13-25-24(27)23(20-9-5-6-10-21(20)29-2)26-22(28)16-17-11-12-18-7-3-4-8-19(18)15-17/h3-15,23H,16H2,1-2H3,(H,26,28). The number of nitrogens with one attached hydrogen (secondary N) is 1. The monoisotopic (exact) mass is 385 g/mol. The normalized spacial score (nSPS) is 11.9. The molecule has 1 N–H and O–H groups in total. The summed E-state index contributed by atoms with van der Waals surface area (Å²) in [5.41, 5.74) is 1.84. The first-order valence-electron chi connectivity index (χ1n) is 9.53. The van der Waals surface area contributed by atoms with E-state index in [1.54, 1.807) is 13.3 Å². The number of rotatable bonds is 6. The molecule has 0 saturated heterocycles. The van der Waals surface area contributed by atoms with Crippen molar-refractivity contribution in [3.8, 4) is 5.75 Å². The highest BCUT2D eigenvalue weighted by Crippen LogP contribution is 2.29. The summed E-state index contributed by atoms with van der Waals surface area (Å²) < 4.78 is 7.43. The number of ether oxygens (including phenoxy) is 1. The first kappa shape index (κ1) is 18.7. The number of benzene rings is 3. The Hall–Kier alpha value is -3.60. The molecule has 0 aliphatic heterocycles. The summed E-state index contributed by atoms with van der Waals surface area (Å²) in [6.45, 7) is 0. The number of aryl methyl sites for hydroxylation is 1. The lowest BCUT2D eigenvalue weighted by molar-refractivity contribution is -0.121. The zero-order chi connectivity index (χ0) is 20.2. The Labute approximate surface area is 170 Å². The molecule has 5 heteroatoms. The second kappa shape index (κ2) is 8.19. The van der Waals surface area contributed by atoms with E-state index in [-0.39, 0.29) is 5.91 Å². The lowest BCUT2D eigenvalue weighted by Gasteiger charge is -2.21. The Kier molecular flexibility index (Phi) is 5.29. The molecule has 0 radical (unpaired) electrons. The summed E-state index contributed by atoms with van der Waals surface area (Å²) in [4.78, 5) is 17.4. The zero-order valence-corrected chi connectivity index (χ0v) is 16.5. The van der Waals surface area contributed by atoms with Crippen molar-refractivity contribution in [3.05, 3.63) is 96.1 Å². The topological polar surface area (TPSA) is 56.1 Å². The number of nitrogens with zero attached hydrogens (tertiary/aromatic N) is 2. The number of aromatic nitrogens is 2. The molecule has 0 spiro atoms. The predicted molar refractivity (Wildman–Crippen MR) is 114 cm³/mol. The summed E-state index contributed by atoms with van der Waals surface area (Å²) in [6.07, 6.45) is 3.89. The van der Waals surface area contributed by atoms with E-state index in [0.29, 0.717) is 12.2 Å². The predicted octanol–water partition coefficient (Wildman–Crippen LogP) is 4.03. The van der Waals surface area contributed by atoms with Gasteiger partial charge in [0.1, 0.15) is 17.6 Å². The molecule has 3 aromatic carbocycles. The van der Waals surface area contributed by atoms with Gasteiger partial charge in [0, 0.05) is 25.0 Å². The molecule has 4 rings (SSSR count). The summed E-state index contributed by atoms with van der Waals surface area (Å²) in [5.74, 6) is 1.40. The number of hydrogen-bond acceptors (Lipinski definition) is 3. The molecule has 5 nitrogen and oxygen atoms in total. The fraction of sp³-hybridized carbons (Fsp3) is 0.167. The molecule has 0 aliphatic carbocycles. The van der Waals surface area contributed by atoms with Crippen molar-refractivity contribution in [2.75, 3.05) is 7.11 Å². The van der Waals surface area contributed by atoms with Gasteiger partial charge < -0.3 is 14.6 Å². The molecule has 146 valence electrons. The minimum atomic E-state index is -0.404. The van der Waals surface area contributed by atoms with Gasteiger partial charge in [-0.1, -0.05) is 60.7 Å². The maximum atomic E-state index is 12.9. The van der Waals surface area contributed by atoms with Gasteiger partial charge in [0.15, 0.2) is 0 Å². The highest BCUT2D eigenvalue weighted by atomic mass is 16.5. The van der Waals surface area contributed by atoms with Crippen LogP contribution in [0.25, 0.3) is 10.8 Å². The quantitative estimate of drug-likeness (QED) is 0.545. The second-order valence-corrected chi connectivity index (χ2v) is 7.00. The van der Waals surface area contributed by atoms with Gasteiger partial charge in [-0.05, 0) is 22.4 Å². The van der Waals surface area contributed by atoms with E-state index >= 15 is 0 Å². The molecule has 1 atom stereocenters. The minimum Gasteiger partial charge on any atom is -0.496 e. The van der Waals surface area contributed by atoms with Crippen LogP contribution in [0.2, 0.25) is 0 Å². The highest BCUT2D eigenvalue weighted by molar-refractivity contribution is 5.85. The number of fused-ring (bicyclic) bond motifs is 1. The molecule has 0 bridgehead atoms. The molecule has 0 fully saturated rings. The third kappa shape index (κ3) is 3.99. The van der Waals surface area contributed by atoms with Crippen molar-refractivity contribution in [1.82, 2.24) is 14.9 Å². The molecule has 1 amide bonds. The third-order valence-electron chi connectivity index (χ3n) is 5.05. The fourth-order valence-electron chi connectivity index (χ4n) is 3.59. The average Bonchev–Trinajstić information content (AvgIpc) is 3.17. The molecule has 1 heterocycles. The Bertz CT molecular complexity index is 1150. The van der Waals surface area contributed by atoms with E-state index in [1.807, 2.05) is 60.3 Å². The van der Waals surface area contributed by atoms with Crippen molar-refractivity contribution in [2.24, 2.45) is 7.05 Å². The van der Waals surface area contributed by atoms with Crippen LogP contribution < -0.4 is 10.1 Å². The van der Waals surface area contributed by atoms with Crippen LogP contribution in [0.1, 0.15) is 23.0 Å². The zero-order valence-electron chi connectivity index (χ0n) is 16.5. The van der Waals surface area contributed by atoms with Crippen molar-refractivity contribution in [3.63, 3.8) is 0 Å². The van der Waals surface area contributed by atoms with Crippen LogP contribution in [-0.4, -0.2) is 22.6 Å². The van der Waals surface area contributed by atoms with E-state index in [0.717, 1.165) is 27.7 Å². The Morgan fingerprint density at radius 2 is 1.83 bits per heavy atom. The van der Waals surface area contributed by atoms with Gasteiger partial charge in [0.05, 0.1) is 13.5 Å². The molecule has 4 aromatic rings. The molecular weight excluding hydrogens is 362 g/mol. The van der Waals surface area contributed by atoms with Crippen LogP contribution >= 0.6 is 0 Å². The number of imidazole rings is 1. The lowest BCUT2D eigenvalue weighted by atomic mass is 10.0. The van der Waals surface area contributed by atoms with E-state index in [1.165, 1.54) is 0 Å². The first-order chi connectivity index (χ1) is 14.2. The number of carbonyl (C=O) groups excluding carboxylic acids is 1. The number of para-hydroxylation sites is 1. The molecule has 1 aromatic heterocycles. The van der Waals surface area contributed by atoms with Crippen molar-refractivity contribution < 1.29 is 9.53 Å². The first-order valence-corrected chi connectivity index (χ1v) is 9.53. The van der Waals surface area contributed by atoms with Gasteiger partial charge in [-0.3, -0.25) is 4.79 Å². The van der Waals surface area contributed by atoms with Crippen LogP contribution in [-0.2, 0) is 18.3 Å². The SMILES string of the molecule is COc1ccccc1C(NC(=O)Cc1ccc2ccccc2c1)c1nccn1C. The molecule has 1 unspecified atom stereocenters. The van der Waals surface area contributed by atoms with Gasteiger partial charge in [0.25, 0.3) is 0 Å². The van der Waals surface area contributed by atoms with E-state index in [9.17, 15) is 4.79 Å². The number of carbonyl (C=O) groups is 1. The van der Waals surface area contributed by atoms with Crippen LogP contribution in [0.15, 0.2) is 79.1 Å². The molecule has 0 aliphatic rings. The summed E-state index contributed by atoms with van der Waals surface area (Å²) in [7, 11) is 3.55. The summed E-state index contributed by atoms with van der Waals surface area (Å²) in [6, 6.07) is 21.5. The van der Waals surface area contributed by atoms with Crippen LogP contribution in [0.5, 0.6) is 5.75 Å². The third-order valence-corrected chi connectivity index (χ3v) is 5.05. The van der Waals surface area contributed by atoms with Crippen molar-refractivity contribution in [2.45, 2.75) is 12.5 Å². The Balaban J connectivity index is 1.61. The highest BCUT2D eigenvalue weighted by Gasteiger charge is 2.23. The van der Waals surface area contributed by atoms with E-state index in [4.69, 9.17) is 4.74 Å². The van der Waals surface area contributed by atoms with E-state index in [2.05, 4.69) is 34.6 Å². The van der Waals surface area contributed by atoms with Gasteiger partial charge in [-0.25, -0.2) is 4.98 Å². The lowest BCUT2D eigenvalue weighted by Crippen LogP contribution is -2.32. The summed E-state index contributed by atoms with van der Waals surface area (Å²) >= 11 is 0. The average molecular weight is 385 g/mol. The number of amides is 1.